The van der Waals surface area contributed by atoms with Crippen molar-refractivity contribution in [2.24, 2.45) is 0 Å². The van der Waals surface area contributed by atoms with Gasteiger partial charge in [-0.1, -0.05) is 12.1 Å². The second kappa shape index (κ2) is 5.08. The molecule has 0 aliphatic carbocycles. The monoisotopic (exact) mass is 235 g/mol. The molecule has 1 N–H and O–H groups in total. The number of amides is 1. The third-order valence-electron chi connectivity index (χ3n) is 3.23. The zero-order valence-electron chi connectivity index (χ0n) is 9.93. The molecule has 0 radical (unpaired) electrons. The van der Waals surface area contributed by atoms with Crippen LogP contribution in [0.5, 0.6) is 5.75 Å². The van der Waals surface area contributed by atoms with Crippen LogP contribution in [0.1, 0.15) is 18.4 Å². The van der Waals surface area contributed by atoms with Crippen LogP contribution in [0.15, 0.2) is 24.3 Å². The van der Waals surface area contributed by atoms with Crippen molar-refractivity contribution in [3.05, 3.63) is 29.8 Å². The number of carbonyl (C=O) groups is 1. The molecule has 1 amide bonds. The van der Waals surface area contributed by atoms with Gasteiger partial charge in [-0.05, 0) is 37.0 Å². The Morgan fingerprint density at radius 3 is 3.12 bits per heavy atom. The highest BCUT2D eigenvalue weighted by Crippen LogP contribution is 2.22. The summed E-state index contributed by atoms with van der Waals surface area (Å²) in [6.45, 7) is 0.657. The Bertz CT molecular complexity index is 405. The van der Waals surface area contributed by atoms with Crippen molar-refractivity contribution in [3.63, 3.8) is 0 Å². The first-order chi connectivity index (χ1) is 8.20. The van der Waals surface area contributed by atoms with Crippen LogP contribution in [-0.2, 0) is 6.42 Å². The summed E-state index contributed by atoms with van der Waals surface area (Å²) in [7, 11) is 1.64. The van der Waals surface area contributed by atoms with Crippen LogP contribution in [-0.4, -0.2) is 35.8 Å². The molecule has 1 heterocycles. The van der Waals surface area contributed by atoms with Crippen molar-refractivity contribution in [1.82, 2.24) is 4.90 Å². The maximum atomic E-state index is 11.0. The van der Waals surface area contributed by atoms with Gasteiger partial charge in [0.25, 0.3) is 0 Å². The topological polar surface area (TPSA) is 49.8 Å². The minimum Gasteiger partial charge on any atom is -0.497 e. The van der Waals surface area contributed by atoms with Crippen molar-refractivity contribution in [1.29, 1.82) is 0 Å². The summed E-state index contributed by atoms with van der Waals surface area (Å²) in [4.78, 5) is 12.6. The van der Waals surface area contributed by atoms with Gasteiger partial charge in [0.05, 0.1) is 7.11 Å². The zero-order valence-corrected chi connectivity index (χ0v) is 9.93. The first-order valence-electron chi connectivity index (χ1n) is 5.83. The lowest BCUT2D eigenvalue weighted by molar-refractivity contribution is 0.140. The lowest BCUT2D eigenvalue weighted by Gasteiger charge is -2.21. The Hall–Kier alpha value is -1.71. The molecule has 1 fully saturated rings. The SMILES string of the molecule is COc1cccc(CC2CCCN2C(=O)O)c1. The maximum absolute atomic E-state index is 11.0. The van der Waals surface area contributed by atoms with Gasteiger partial charge in [0, 0.05) is 12.6 Å². The molecule has 1 aliphatic rings. The number of nitrogens with zero attached hydrogens (tertiary/aromatic N) is 1. The van der Waals surface area contributed by atoms with Gasteiger partial charge in [0.2, 0.25) is 0 Å². The summed E-state index contributed by atoms with van der Waals surface area (Å²) >= 11 is 0. The molecule has 1 saturated heterocycles. The molecule has 0 spiro atoms. The predicted molar refractivity (Wildman–Crippen MR) is 64.5 cm³/mol. The van der Waals surface area contributed by atoms with Crippen molar-refractivity contribution >= 4 is 6.09 Å². The predicted octanol–water partition coefficient (Wildman–Crippen LogP) is 2.38. The molecule has 4 heteroatoms. The van der Waals surface area contributed by atoms with E-state index in [9.17, 15) is 4.79 Å². The Labute approximate surface area is 101 Å². The fourth-order valence-corrected chi connectivity index (χ4v) is 2.37. The molecule has 1 atom stereocenters. The first kappa shape index (κ1) is 11.8. The number of hydrogen-bond acceptors (Lipinski definition) is 2. The van der Waals surface area contributed by atoms with Gasteiger partial charge in [-0.3, -0.25) is 0 Å². The summed E-state index contributed by atoms with van der Waals surface area (Å²) in [5.74, 6) is 0.822. The fraction of sp³-hybridized carbons (Fsp3) is 0.462. The summed E-state index contributed by atoms with van der Waals surface area (Å²) < 4.78 is 5.16. The van der Waals surface area contributed by atoms with E-state index in [1.165, 1.54) is 0 Å². The fourth-order valence-electron chi connectivity index (χ4n) is 2.37. The average Bonchev–Trinajstić information content (AvgIpc) is 2.77. The Kier molecular flexibility index (Phi) is 3.52. The van der Waals surface area contributed by atoms with Gasteiger partial charge >= 0.3 is 6.09 Å². The van der Waals surface area contributed by atoms with E-state index in [4.69, 9.17) is 9.84 Å². The Balaban J connectivity index is 2.06. The average molecular weight is 235 g/mol. The third-order valence-corrected chi connectivity index (χ3v) is 3.23. The van der Waals surface area contributed by atoms with E-state index < -0.39 is 6.09 Å². The lowest BCUT2D eigenvalue weighted by atomic mass is 10.0. The van der Waals surface area contributed by atoms with Gasteiger partial charge in [0.1, 0.15) is 5.75 Å². The number of methoxy groups -OCH3 is 1. The van der Waals surface area contributed by atoms with Crippen LogP contribution >= 0.6 is 0 Å². The van der Waals surface area contributed by atoms with Crippen molar-refractivity contribution in [2.45, 2.75) is 25.3 Å². The van der Waals surface area contributed by atoms with Crippen LogP contribution in [0.4, 0.5) is 4.79 Å². The van der Waals surface area contributed by atoms with Crippen LogP contribution in [0.3, 0.4) is 0 Å². The smallest absolute Gasteiger partial charge is 0.407 e. The number of likely N-dealkylation sites (tertiary alicyclic amines) is 1. The van der Waals surface area contributed by atoms with Gasteiger partial charge in [-0.2, -0.15) is 0 Å². The molecule has 1 aliphatic heterocycles. The number of carboxylic acid groups (broad SMARTS) is 1. The molecule has 1 aromatic rings. The Morgan fingerprint density at radius 2 is 2.41 bits per heavy atom. The van der Waals surface area contributed by atoms with Gasteiger partial charge < -0.3 is 14.7 Å². The van der Waals surface area contributed by atoms with E-state index in [1.54, 1.807) is 12.0 Å². The van der Waals surface area contributed by atoms with E-state index in [-0.39, 0.29) is 6.04 Å². The third kappa shape index (κ3) is 2.70. The quantitative estimate of drug-likeness (QED) is 0.875. The number of hydrogen-bond donors (Lipinski definition) is 1. The number of ether oxygens (including phenoxy) is 1. The van der Waals surface area contributed by atoms with Gasteiger partial charge in [-0.25, -0.2) is 4.79 Å². The molecule has 1 unspecified atom stereocenters. The minimum absolute atomic E-state index is 0.111. The Morgan fingerprint density at radius 1 is 1.59 bits per heavy atom. The second-order valence-electron chi connectivity index (χ2n) is 4.33. The van der Waals surface area contributed by atoms with Crippen LogP contribution in [0, 0.1) is 0 Å². The van der Waals surface area contributed by atoms with Gasteiger partial charge in [-0.15, -0.1) is 0 Å². The summed E-state index contributed by atoms with van der Waals surface area (Å²) in [6.07, 6.45) is 1.86. The highest BCUT2D eigenvalue weighted by atomic mass is 16.5. The zero-order chi connectivity index (χ0) is 12.3. The van der Waals surface area contributed by atoms with Crippen LogP contribution in [0.25, 0.3) is 0 Å². The highest BCUT2D eigenvalue weighted by molar-refractivity contribution is 5.65. The minimum atomic E-state index is -0.810. The van der Waals surface area contributed by atoms with Crippen molar-refractivity contribution in [3.8, 4) is 5.75 Å². The van der Waals surface area contributed by atoms with E-state index in [2.05, 4.69) is 0 Å². The van der Waals surface area contributed by atoms with Crippen LogP contribution < -0.4 is 4.74 Å². The lowest BCUT2D eigenvalue weighted by Crippen LogP contribution is -2.35. The van der Waals surface area contributed by atoms with Crippen molar-refractivity contribution in [2.75, 3.05) is 13.7 Å². The number of benzene rings is 1. The molecule has 0 bridgehead atoms. The molecular weight excluding hydrogens is 218 g/mol. The number of rotatable bonds is 3. The highest BCUT2D eigenvalue weighted by Gasteiger charge is 2.28. The maximum Gasteiger partial charge on any atom is 0.407 e. The second-order valence-corrected chi connectivity index (χ2v) is 4.33. The van der Waals surface area contributed by atoms with E-state index in [0.29, 0.717) is 6.54 Å². The van der Waals surface area contributed by atoms with Crippen LogP contribution in [0.2, 0.25) is 0 Å². The molecule has 1 aromatic carbocycles. The summed E-state index contributed by atoms with van der Waals surface area (Å²) in [5, 5.41) is 9.06. The standard InChI is InChI=1S/C13H17NO3/c1-17-12-6-2-4-10(9-12)8-11-5-3-7-14(11)13(15)16/h2,4,6,9,11H,3,5,7-8H2,1H3,(H,15,16). The molecule has 4 nitrogen and oxygen atoms in total. The first-order valence-corrected chi connectivity index (χ1v) is 5.83. The molecular formula is C13H17NO3. The molecule has 2 rings (SSSR count). The van der Waals surface area contributed by atoms with E-state index in [0.717, 1.165) is 30.6 Å². The van der Waals surface area contributed by atoms with E-state index in [1.807, 2.05) is 24.3 Å². The van der Waals surface area contributed by atoms with E-state index >= 15 is 0 Å². The van der Waals surface area contributed by atoms with Gasteiger partial charge in [0.15, 0.2) is 0 Å². The molecule has 0 aromatic heterocycles. The summed E-state index contributed by atoms with van der Waals surface area (Å²) in [5.41, 5.74) is 1.13. The van der Waals surface area contributed by atoms with Crippen molar-refractivity contribution < 1.29 is 14.6 Å². The normalized spacial score (nSPS) is 19.4. The summed E-state index contributed by atoms with van der Waals surface area (Å²) in [6, 6.07) is 7.93. The molecule has 92 valence electrons. The largest absolute Gasteiger partial charge is 0.497 e. The molecule has 17 heavy (non-hydrogen) atoms. The molecule has 0 saturated carbocycles.